The summed E-state index contributed by atoms with van der Waals surface area (Å²) in [7, 11) is 1.73. The van der Waals surface area contributed by atoms with Gasteiger partial charge in [0.15, 0.2) is 0 Å². The van der Waals surface area contributed by atoms with E-state index < -0.39 is 0 Å². The second-order valence-corrected chi connectivity index (χ2v) is 6.54. The zero-order valence-corrected chi connectivity index (χ0v) is 13.9. The van der Waals surface area contributed by atoms with Crippen LogP contribution in [0.5, 0.6) is 0 Å². The third kappa shape index (κ3) is 9.42. The van der Waals surface area contributed by atoms with E-state index in [1.54, 1.807) is 7.11 Å². The van der Waals surface area contributed by atoms with Crippen LogP contribution in [0.25, 0.3) is 0 Å². The second kappa shape index (κ2) is 10.6. The molecule has 0 fully saturated rings. The molecule has 0 bridgehead atoms. The molecule has 0 aromatic heterocycles. The lowest BCUT2D eigenvalue weighted by atomic mass is 9.76. The highest BCUT2D eigenvalue weighted by molar-refractivity contribution is 4.80. The smallest absolute Gasteiger partial charge is 0.0487 e. The van der Waals surface area contributed by atoms with Crippen molar-refractivity contribution in [2.45, 2.75) is 47.5 Å². The molecular weight excluding hydrogens is 238 g/mol. The van der Waals surface area contributed by atoms with Crippen molar-refractivity contribution in [2.24, 2.45) is 17.3 Å². The zero-order chi connectivity index (χ0) is 14.7. The van der Waals surface area contributed by atoms with Gasteiger partial charge >= 0.3 is 0 Å². The summed E-state index contributed by atoms with van der Waals surface area (Å²) in [5.74, 6) is 1.37. The molecule has 0 aliphatic heterocycles. The normalized spacial score (nSPS) is 15.2. The summed E-state index contributed by atoms with van der Waals surface area (Å²) in [6.45, 7) is 16.1. The van der Waals surface area contributed by atoms with Crippen LogP contribution in [0.1, 0.15) is 47.5 Å². The minimum atomic E-state index is 0.316. The Balaban J connectivity index is 3.88. The number of hydrogen-bond acceptors (Lipinski definition) is 3. The molecule has 1 unspecified atom stereocenters. The number of rotatable bonds is 12. The third-order valence-electron chi connectivity index (χ3n) is 3.93. The number of methoxy groups -OCH3 is 1. The molecule has 0 saturated heterocycles. The van der Waals surface area contributed by atoms with Crippen LogP contribution in [0.15, 0.2) is 0 Å². The van der Waals surface area contributed by atoms with Gasteiger partial charge in [-0.05, 0) is 36.6 Å². The second-order valence-electron chi connectivity index (χ2n) is 6.54. The number of nitrogens with one attached hydrogen (secondary N) is 1. The lowest BCUT2D eigenvalue weighted by molar-refractivity contribution is 0.0656. The Morgan fingerprint density at radius 2 is 1.74 bits per heavy atom. The molecule has 0 rings (SSSR count). The molecule has 0 aliphatic rings. The maximum absolute atomic E-state index is 5.70. The van der Waals surface area contributed by atoms with Crippen LogP contribution in [0.4, 0.5) is 0 Å². The average Bonchev–Trinajstić information content (AvgIpc) is 2.33. The van der Waals surface area contributed by atoms with Gasteiger partial charge in [-0.1, -0.05) is 34.6 Å². The first-order chi connectivity index (χ1) is 8.92. The number of hydrogen-bond donors (Lipinski definition) is 1. The molecule has 1 N–H and O–H groups in total. The molecule has 0 heterocycles. The summed E-state index contributed by atoms with van der Waals surface area (Å²) in [6.07, 6.45) is 2.10. The van der Waals surface area contributed by atoms with E-state index in [0.29, 0.717) is 17.3 Å². The Morgan fingerprint density at radius 1 is 1.05 bits per heavy atom. The lowest BCUT2D eigenvalue weighted by Crippen LogP contribution is -2.38. The lowest BCUT2D eigenvalue weighted by Gasteiger charge is -2.34. The predicted molar refractivity (Wildman–Crippen MR) is 82.6 cm³/mol. The molecule has 3 nitrogen and oxygen atoms in total. The first-order valence-electron chi connectivity index (χ1n) is 7.69. The quantitative estimate of drug-likeness (QED) is 0.553. The van der Waals surface area contributed by atoms with E-state index in [9.17, 15) is 0 Å². The van der Waals surface area contributed by atoms with E-state index in [-0.39, 0.29) is 0 Å². The van der Waals surface area contributed by atoms with Gasteiger partial charge in [0.1, 0.15) is 0 Å². The van der Waals surface area contributed by atoms with E-state index >= 15 is 0 Å². The summed E-state index contributed by atoms with van der Waals surface area (Å²) < 4.78 is 10.7. The summed E-state index contributed by atoms with van der Waals surface area (Å²) in [5.41, 5.74) is 0.316. The fourth-order valence-electron chi connectivity index (χ4n) is 1.94. The highest BCUT2D eigenvalue weighted by Crippen LogP contribution is 2.30. The van der Waals surface area contributed by atoms with Crippen LogP contribution in [0, 0.1) is 17.3 Å². The summed E-state index contributed by atoms with van der Waals surface area (Å²) in [6, 6.07) is 0. The maximum atomic E-state index is 5.70. The van der Waals surface area contributed by atoms with Gasteiger partial charge in [-0.25, -0.2) is 0 Å². The molecule has 0 aromatic rings. The molecule has 0 radical (unpaired) electrons. The third-order valence-corrected chi connectivity index (χ3v) is 3.93. The van der Waals surface area contributed by atoms with Crippen molar-refractivity contribution < 1.29 is 9.47 Å². The molecule has 0 spiro atoms. The fraction of sp³-hybridized carbons (Fsp3) is 1.00. The highest BCUT2D eigenvalue weighted by atomic mass is 16.5. The van der Waals surface area contributed by atoms with Gasteiger partial charge in [-0.2, -0.15) is 0 Å². The molecule has 1 atom stereocenters. The van der Waals surface area contributed by atoms with Gasteiger partial charge in [0.2, 0.25) is 0 Å². The monoisotopic (exact) mass is 273 g/mol. The Kier molecular flexibility index (Phi) is 10.6. The minimum absolute atomic E-state index is 0.316. The van der Waals surface area contributed by atoms with Gasteiger partial charge in [0.25, 0.3) is 0 Å². The first-order valence-corrected chi connectivity index (χ1v) is 7.69. The van der Waals surface area contributed by atoms with Gasteiger partial charge in [0.05, 0.1) is 0 Å². The van der Waals surface area contributed by atoms with Crippen LogP contribution in [-0.2, 0) is 9.47 Å². The average molecular weight is 273 g/mol. The number of ether oxygens (including phenoxy) is 2. The zero-order valence-electron chi connectivity index (χ0n) is 13.9. The van der Waals surface area contributed by atoms with Gasteiger partial charge < -0.3 is 14.8 Å². The minimum Gasteiger partial charge on any atom is -0.385 e. The van der Waals surface area contributed by atoms with E-state index in [0.717, 1.165) is 45.8 Å². The van der Waals surface area contributed by atoms with Crippen molar-refractivity contribution in [2.75, 3.05) is 40.0 Å². The SMILES string of the molecule is COCCCOCCC(C)(CNCC(C)C)C(C)C. The van der Waals surface area contributed by atoms with Crippen molar-refractivity contribution >= 4 is 0 Å². The Morgan fingerprint density at radius 3 is 2.26 bits per heavy atom. The first kappa shape index (κ1) is 18.9. The Labute approximate surface area is 120 Å². The molecule has 0 saturated carbocycles. The van der Waals surface area contributed by atoms with E-state index in [1.807, 2.05) is 0 Å². The van der Waals surface area contributed by atoms with Crippen molar-refractivity contribution in [3.63, 3.8) is 0 Å². The molecule has 116 valence electrons. The van der Waals surface area contributed by atoms with Crippen molar-refractivity contribution in [1.29, 1.82) is 0 Å². The van der Waals surface area contributed by atoms with Crippen LogP contribution < -0.4 is 5.32 Å². The van der Waals surface area contributed by atoms with Gasteiger partial charge in [0, 0.05) is 33.5 Å². The molecular formula is C16H35NO2. The topological polar surface area (TPSA) is 30.5 Å². The van der Waals surface area contributed by atoms with Crippen LogP contribution in [0.3, 0.4) is 0 Å². The van der Waals surface area contributed by atoms with E-state index in [2.05, 4.69) is 39.9 Å². The summed E-state index contributed by atoms with van der Waals surface area (Å²) in [5, 5.41) is 3.59. The van der Waals surface area contributed by atoms with E-state index in [4.69, 9.17) is 9.47 Å². The molecule has 0 amide bonds. The van der Waals surface area contributed by atoms with E-state index in [1.165, 1.54) is 0 Å². The standard InChI is InChI=1S/C16H35NO2/c1-14(2)12-17-13-16(5,15(3)4)8-11-19-10-7-9-18-6/h14-15,17H,7-13H2,1-6H3. The highest BCUT2D eigenvalue weighted by Gasteiger charge is 2.27. The molecule has 3 heteroatoms. The molecule has 0 aromatic carbocycles. The van der Waals surface area contributed by atoms with Crippen molar-refractivity contribution in [3.8, 4) is 0 Å². The van der Waals surface area contributed by atoms with Crippen molar-refractivity contribution in [3.05, 3.63) is 0 Å². The van der Waals surface area contributed by atoms with Crippen molar-refractivity contribution in [1.82, 2.24) is 5.32 Å². The van der Waals surface area contributed by atoms with Crippen LogP contribution in [-0.4, -0.2) is 40.0 Å². The van der Waals surface area contributed by atoms with Gasteiger partial charge in [-0.3, -0.25) is 0 Å². The van der Waals surface area contributed by atoms with Crippen LogP contribution >= 0.6 is 0 Å². The summed E-state index contributed by atoms with van der Waals surface area (Å²) in [4.78, 5) is 0. The Bertz CT molecular complexity index is 207. The van der Waals surface area contributed by atoms with Gasteiger partial charge in [-0.15, -0.1) is 0 Å². The fourth-order valence-corrected chi connectivity index (χ4v) is 1.94. The molecule has 0 aliphatic carbocycles. The molecule has 19 heavy (non-hydrogen) atoms. The predicted octanol–water partition coefficient (Wildman–Crippen LogP) is 3.34. The van der Waals surface area contributed by atoms with Crippen LogP contribution in [0.2, 0.25) is 0 Å². The Hall–Kier alpha value is -0.120. The summed E-state index contributed by atoms with van der Waals surface area (Å²) >= 11 is 0. The maximum Gasteiger partial charge on any atom is 0.0487 e. The largest absolute Gasteiger partial charge is 0.385 e.